The normalized spacial score (nSPS) is 18.8. The summed E-state index contributed by atoms with van der Waals surface area (Å²) in [6.45, 7) is 2.53. The third kappa shape index (κ3) is 6.07. The highest BCUT2D eigenvalue weighted by Crippen LogP contribution is 2.43. The van der Waals surface area contributed by atoms with E-state index in [-0.39, 0.29) is 6.04 Å². The Morgan fingerprint density at radius 1 is 0.971 bits per heavy atom. The molecule has 2 atom stereocenters. The highest BCUT2D eigenvalue weighted by atomic mass is 19.4. The van der Waals surface area contributed by atoms with Gasteiger partial charge in [0.05, 0.1) is 12.3 Å². The fraction of sp³-hybridized carbons (Fsp3) is 0.536. The number of alkyl halides is 3. The molecule has 4 nitrogen and oxygen atoms in total. The van der Waals surface area contributed by atoms with Gasteiger partial charge in [-0.25, -0.2) is 0 Å². The number of halogens is 3. The van der Waals surface area contributed by atoms with Crippen molar-refractivity contribution < 1.29 is 23.0 Å². The summed E-state index contributed by atoms with van der Waals surface area (Å²) in [7, 11) is 1.63. The van der Waals surface area contributed by atoms with Crippen LogP contribution in [0.25, 0.3) is 0 Å². The van der Waals surface area contributed by atoms with Gasteiger partial charge in [0, 0.05) is 13.7 Å². The molecule has 0 saturated carbocycles. The smallest absolute Gasteiger partial charge is 0.376 e. The fourth-order valence-corrected chi connectivity index (χ4v) is 5.04. The van der Waals surface area contributed by atoms with Gasteiger partial charge < -0.3 is 9.84 Å². The first kappa shape index (κ1) is 27.2. The van der Waals surface area contributed by atoms with Crippen LogP contribution in [0.3, 0.4) is 0 Å². The van der Waals surface area contributed by atoms with Crippen LogP contribution < -0.4 is 0 Å². The molecule has 35 heavy (non-hydrogen) atoms. The molecule has 1 N–H and O–H groups in total. The van der Waals surface area contributed by atoms with Crippen LogP contribution in [0.2, 0.25) is 0 Å². The summed E-state index contributed by atoms with van der Waals surface area (Å²) in [5, 5.41) is 16.6. The van der Waals surface area contributed by atoms with Crippen molar-refractivity contribution in [2.75, 3.05) is 13.7 Å². The molecule has 1 fully saturated rings. The monoisotopic (exact) mass is 490 g/mol. The molecule has 3 rings (SSSR count). The van der Waals surface area contributed by atoms with Crippen LogP contribution in [-0.4, -0.2) is 47.8 Å². The largest absolute Gasteiger partial charge is 0.422 e. The first-order chi connectivity index (χ1) is 16.8. The molecule has 7 heteroatoms. The molecule has 1 heterocycles. The Hall–Kier alpha value is -2.38. The molecule has 1 saturated heterocycles. The molecule has 0 aromatic heterocycles. The van der Waals surface area contributed by atoms with Gasteiger partial charge in [0.15, 0.2) is 5.60 Å². The Bertz CT molecular complexity index is 881. The summed E-state index contributed by atoms with van der Waals surface area (Å²) in [5.41, 5.74) is -2.07. The van der Waals surface area contributed by atoms with Crippen molar-refractivity contribution in [1.29, 1.82) is 0 Å². The van der Waals surface area contributed by atoms with Crippen molar-refractivity contribution in [1.82, 2.24) is 5.01 Å². The Morgan fingerprint density at radius 3 is 2.06 bits per heavy atom. The number of ether oxygens (including phenoxy) is 1. The van der Waals surface area contributed by atoms with Gasteiger partial charge in [-0.2, -0.15) is 18.3 Å². The van der Waals surface area contributed by atoms with E-state index < -0.39 is 23.8 Å². The van der Waals surface area contributed by atoms with Crippen LogP contribution in [0, 0.1) is 0 Å². The quantitative estimate of drug-likeness (QED) is 0.267. The van der Waals surface area contributed by atoms with Crippen LogP contribution in [0.4, 0.5) is 13.2 Å². The van der Waals surface area contributed by atoms with Crippen molar-refractivity contribution >= 4 is 6.21 Å². The van der Waals surface area contributed by atoms with Crippen molar-refractivity contribution in [3.8, 4) is 0 Å². The lowest BCUT2D eigenvalue weighted by molar-refractivity contribution is -0.231. The predicted octanol–water partition coefficient (Wildman–Crippen LogP) is 6.68. The maximum Gasteiger partial charge on any atom is 0.422 e. The molecule has 0 amide bonds. The van der Waals surface area contributed by atoms with E-state index in [0.29, 0.717) is 32.0 Å². The van der Waals surface area contributed by atoms with E-state index in [1.54, 1.807) is 12.1 Å². The van der Waals surface area contributed by atoms with Crippen molar-refractivity contribution in [2.24, 2.45) is 5.10 Å². The van der Waals surface area contributed by atoms with Crippen LogP contribution in [-0.2, 0) is 10.3 Å². The predicted molar refractivity (Wildman–Crippen MR) is 133 cm³/mol. The number of benzene rings is 2. The maximum atomic E-state index is 13.9. The minimum atomic E-state index is -4.80. The molecule has 2 aromatic rings. The van der Waals surface area contributed by atoms with Gasteiger partial charge in [0.1, 0.15) is 5.60 Å². The highest BCUT2D eigenvalue weighted by molar-refractivity contribution is 5.69. The fourth-order valence-electron chi connectivity index (χ4n) is 5.04. The number of hydrogen-bond donors (Lipinski definition) is 1. The van der Waals surface area contributed by atoms with E-state index in [0.717, 1.165) is 36.8 Å². The van der Waals surface area contributed by atoms with Gasteiger partial charge in [-0.3, -0.25) is 5.01 Å². The topological polar surface area (TPSA) is 45.1 Å². The summed E-state index contributed by atoms with van der Waals surface area (Å²) in [6.07, 6.45) is 0.759. The molecular weight excluding hydrogens is 453 g/mol. The lowest BCUT2D eigenvalue weighted by Gasteiger charge is -2.42. The second-order valence-corrected chi connectivity index (χ2v) is 9.32. The number of nitrogens with zero attached hydrogens (tertiary/aromatic N) is 2. The Balaban J connectivity index is 1.93. The van der Waals surface area contributed by atoms with Gasteiger partial charge in [0.2, 0.25) is 0 Å². The standard InChI is InChI=1S/C28H37F3N2O2/c1-3-4-5-6-13-20-26(34,28(29,30)31)22-32-33-21-14-19-25(33)27(35-2,23-15-9-7-10-16-23)24-17-11-8-12-18-24/h7-12,15-18,22,25,34H,3-6,13-14,19-21H2,1-2H3/b32-22+/t25-,26-/m0/s1. The molecular formula is C28H37F3N2O2. The SMILES string of the molecule is CCCCCCC[C@](O)(/C=N/N1CCC[C@H]1C(OC)(c1ccccc1)c1ccccc1)C(F)(F)F. The van der Waals surface area contributed by atoms with E-state index in [4.69, 9.17) is 4.74 Å². The second kappa shape index (κ2) is 12.0. The number of aliphatic hydroxyl groups is 1. The Labute approximate surface area is 206 Å². The third-order valence-electron chi connectivity index (χ3n) is 6.99. The van der Waals surface area contributed by atoms with Crippen molar-refractivity contribution in [3.05, 3.63) is 71.8 Å². The average Bonchev–Trinajstić information content (AvgIpc) is 3.33. The lowest BCUT2D eigenvalue weighted by Crippen LogP contribution is -2.50. The van der Waals surface area contributed by atoms with Gasteiger partial charge >= 0.3 is 6.18 Å². The van der Waals surface area contributed by atoms with Gasteiger partial charge in [-0.15, -0.1) is 0 Å². The highest BCUT2D eigenvalue weighted by Gasteiger charge is 2.53. The van der Waals surface area contributed by atoms with E-state index >= 15 is 0 Å². The molecule has 1 aliphatic heterocycles. The lowest BCUT2D eigenvalue weighted by atomic mass is 9.79. The zero-order valence-electron chi connectivity index (χ0n) is 20.7. The zero-order valence-corrected chi connectivity index (χ0v) is 20.7. The Kier molecular flexibility index (Phi) is 9.36. The summed E-state index contributed by atoms with van der Waals surface area (Å²) in [6, 6.07) is 19.1. The molecule has 0 aliphatic carbocycles. The maximum absolute atomic E-state index is 13.9. The van der Waals surface area contributed by atoms with E-state index in [2.05, 4.69) is 12.0 Å². The number of hydrogen-bond acceptors (Lipinski definition) is 4. The zero-order chi connectivity index (χ0) is 25.4. The molecule has 1 aliphatic rings. The van der Waals surface area contributed by atoms with Gasteiger partial charge in [0.25, 0.3) is 0 Å². The first-order valence-corrected chi connectivity index (χ1v) is 12.6. The molecule has 0 spiro atoms. The summed E-state index contributed by atoms with van der Waals surface area (Å²) >= 11 is 0. The third-order valence-corrected chi connectivity index (χ3v) is 6.99. The van der Waals surface area contributed by atoms with Crippen molar-refractivity contribution in [3.63, 3.8) is 0 Å². The number of unbranched alkanes of at least 4 members (excludes halogenated alkanes) is 4. The molecule has 0 bridgehead atoms. The van der Waals surface area contributed by atoms with Crippen LogP contribution in [0.1, 0.15) is 69.4 Å². The summed E-state index contributed by atoms with van der Waals surface area (Å²) < 4.78 is 47.9. The van der Waals surface area contributed by atoms with Crippen molar-refractivity contribution in [2.45, 2.75) is 81.7 Å². The molecule has 0 unspecified atom stereocenters. The molecule has 192 valence electrons. The Morgan fingerprint density at radius 2 is 1.54 bits per heavy atom. The molecule has 2 aromatic carbocycles. The number of hydrazone groups is 1. The average molecular weight is 491 g/mol. The van der Waals surface area contributed by atoms with Crippen LogP contribution in [0.15, 0.2) is 65.8 Å². The van der Waals surface area contributed by atoms with Gasteiger partial charge in [-0.1, -0.05) is 93.3 Å². The minimum Gasteiger partial charge on any atom is -0.376 e. The molecule has 0 radical (unpaired) electrons. The van der Waals surface area contributed by atoms with E-state index in [9.17, 15) is 18.3 Å². The first-order valence-electron chi connectivity index (χ1n) is 12.6. The number of rotatable bonds is 12. The summed E-state index contributed by atoms with van der Waals surface area (Å²) in [4.78, 5) is 0. The van der Waals surface area contributed by atoms with E-state index in [1.165, 1.54) is 0 Å². The second-order valence-electron chi connectivity index (χ2n) is 9.32. The summed E-state index contributed by atoms with van der Waals surface area (Å²) in [5.74, 6) is 0. The van der Waals surface area contributed by atoms with Crippen LogP contribution >= 0.6 is 0 Å². The van der Waals surface area contributed by atoms with Crippen LogP contribution in [0.5, 0.6) is 0 Å². The minimum absolute atomic E-state index is 0.293. The van der Waals surface area contributed by atoms with E-state index in [1.807, 2.05) is 60.7 Å². The number of methoxy groups -OCH3 is 1. The van der Waals surface area contributed by atoms with Gasteiger partial charge in [-0.05, 0) is 36.8 Å².